The second kappa shape index (κ2) is 9.43. The maximum atomic E-state index is 13.3. The van der Waals surface area contributed by atoms with E-state index in [-0.39, 0.29) is 24.5 Å². The normalized spacial score (nSPS) is 20.2. The van der Waals surface area contributed by atoms with Gasteiger partial charge in [0, 0.05) is 11.8 Å². The Hall–Kier alpha value is -3.64. The van der Waals surface area contributed by atoms with E-state index in [2.05, 4.69) is 37.4 Å². The Morgan fingerprint density at radius 1 is 0.944 bits per heavy atom. The monoisotopic (exact) mass is 484 g/mol. The van der Waals surface area contributed by atoms with Crippen LogP contribution in [0.4, 0.5) is 4.79 Å². The van der Waals surface area contributed by atoms with Gasteiger partial charge in [-0.2, -0.15) is 0 Å². The van der Waals surface area contributed by atoms with Crippen molar-refractivity contribution in [1.82, 2.24) is 10.2 Å². The number of rotatable bonds is 7. The number of hydrogen-bond acceptors (Lipinski definition) is 4. The molecule has 0 saturated carbocycles. The number of aliphatic hydroxyl groups excluding tert-OH is 1. The maximum absolute atomic E-state index is 13.3. The number of aliphatic hydroxyl groups is 1. The molecular weight excluding hydrogens is 452 g/mol. The molecule has 2 atom stereocenters. The van der Waals surface area contributed by atoms with Crippen LogP contribution in [0, 0.1) is 0 Å². The van der Waals surface area contributed by atoms with E-state index in [1.54, 1.807) is 0 Å². The Balaban J connectivity index is 1.18. The lowest BCUT2D eigenvalue weighted by molar-refractivity contribution is -0.132. The molecule has 36 heavy (non-hydrogen) atoms. The summed E-state index contributed by atoms with van der Waals surface area (Å²) >= 11 is 0. The predicted molar refractivity (Wildman–Crippen MR) is 138 cm³/mol. The number of amides is 3. The van der Waals surface area contributed by atoms with Crippen LogP contribution in [0.3, 0.4) is 0 Å². The average Bonchev–Trinajstić information content (AvgIpc) is 3.11. The molecule has 2 aliphatic rings. The number of carbonyl (C=O) groups is 2. The number of benzene rings is 3. The summed E-state index contributed by atoms with van der Waals surface area (Å²) in [6.07, 6.45) is 0.774. The smallest absolute Gasteiger partial charge is 0.325 e. The maximum Gasteiger partial charge on any atom is 0.325 e. The fourth-order valence-electron chi connectivity index (χ4n) is 5.31. The molecule has 0 radical (unpaired) electrons. The number of hydrogen-bond donors (Lipinski definition) is 2. The van der Waals surface area contributed by atoms with Crippen molar-refractivity contribution in [2.24, 2.45) is 0 Å². The first-order valence-electron chi connectivity index (χ1n) is 12.5. The number of nitrogens with one attached hydrogen (secondary N) is 1. The number of imide groups is 1. The van der Waals surface area contributed by atoms with Gasteiger partial charge < -0.3 is 15.2 Å². The second-order valence-electron chi connectivity index (χ2n) is 10.4. The molecule has 2 N–H and O–H groups in total. The van der Waals surface area contributed by atoms with Gasteiger partial charge in [0.15, 0.2) is 0 Å². The first-order valence-corrected chi connectivity index (χ1v) is 12.5. The first kappa shape index (κ1) is 24.1. The molecule has 1 spiro atoms. The van der Waals surface area contributed by atoms with Crippen LogP contribution >= 0.6 is 0 Å². The molecule has 1 aliphatic carbocycles. The molecule has 1 aliphatic heterocycles. The molecule has 3 aromatic carbocycles. The van der Waals surface area contributed by atoms with E-state index >= 15 is 0 Å². The van der Waals surface area contributed by atoms with Crippen LogP contribution in [0.15, 0.2) is 78.9 Å². The number of fused-ring (bicyclic) bond motifs is 1. The van der Waals surface area contributed by atoms with Gasteiger partial charge in [-0.1, -0.05) is 80.6 Å². The van der Waals surface area contributed by atoms with Gasteiger partial charge >= 0.3 is 6.03 Å². The summed E-state index contributed by atoms with van der Waals surface area (Å²) in [6.45, 7) is 4.23. The summed E-state index contributed by atoms with van der Waals surface area (Å²) in [6, 6.07) is 25.7. The van der Waals surface area contributed by atoms with E-state index in [9.17, 15) is 14.7 Å². The van der Waals surface area contributed by atoms with E-state index < -0.39 is 17.7 Å². The molecule has 0 aromatic heterocycles. The number of aryl methyl sites for hydroxylation is 1. The van der Waals surface area contributed by atoms with E-state index in [0.717, 1.165) is 22.4 Å². The lowest BCUT2D eigenvalue weighted by Gasteiger charge is -2.32. The molecule has 1 saturated heterocycles. The zero-order chi connectivity index (χ0) is 25.3. The molecule has 0 bridgehead atoms. The van der Waals surface area contributed by atoms with Crippen molar-refractivity contribution in [3.05, 3.63) is 101 Å². The highest BCUT2D eigenvalue weighted by molar-refractivity contribution is 6.07. The van der Waals surface area contributed by atoms with Crippen molar-refractivity contribution in [3.63, 3.8) is 0 Å². The highest BCUT2D eigenvalue weighted by Crippen LogP contribution is 2.34. The molecule has 5 rings (SSSR count). The van der Waals surface area contributed by atoms with Crippen LogP contribution < -0.4 is 10.1 Å². The van der Waals surface area contributed by atoms with E-state index in [1.165, 1.54) is 11.1 Å². The van der Waals surface area contributed by atoms with E-state index in [1.807, 2.05) is 60.7 Å². The third-order valence-corrected chi connectivity index (χ3v) is 7.58. The molecule has 3 aromatic rings. The SMILES string of the molecule is CC(C)(c1ccccc1)c1ccc(OCC(O)CN2C(=O)NC3(CCc4ccccc4C3)C2=O)cc1. The Morgan fingerprint density at radius 3 is 2.31 bits per heavy atom. The highest BCUT2D eigenvalue weighted by Gasteiger charge is 2.52. The van der Waals surface area contributed by atoms with Gasteiger partial charge in [0.2, 0.25) is 0 Å². The third kappa shape index (κ3) is 4.49. The van der Waals surface area contributed by atoms with Crippen molar-refractivity contribution in [2.75, 3.05) is 13.2 Å². The summed E-state index contributed by atoms with van der Waals surface area (Å²) < 4.78 is 5.79. The summed E-state index contributed by atoms with van der Waals surface area (Å²) in [5.41, 5.74) is 3.60. The lowest BCUT2D eigenvalue weighted by atomic mass is 9.78. The standard InChI is InChI=1S/C30H32N2O4/c1-29(2,23-10-4-3-5-11-23)24-12-14-26(15-13-24)36-20-25(33)19-32-27(34)30(31-28(32)35)17-16-21-8-6-7-9-22(21)18-30/h3-15,25,33H,16-20H2,1-2H3,(H,31,35). The van der Waals surface area contributed by atoms with Gasteiger partial charge in [-0.05, 0) is 47.2 Å². The predicted octanol–water partition coefficient (Wildman–Crippen LogP) is 4.23. The molecule has 3 amide bonds. The Labute approximate surface area is 211 Å². The molecular formula is C30H32N2O4. The van der Waals surface area contributed by atoms with Crippen molar-refractivity contribution < 1.29 is 19.4 Å². The minimum Gasteiger partial charge on any atom is -0.491 e. The van der Waals surface area contributed by atoms with E-state index in [0.29, 0.717) is 18.6 Å². The number of ether oxygens (including phenoxy) is 1. The molecule has 6 nitrogen and oxygen atoms in total. The van der Waals surface area contributed by atoms with Crippen LogP contribution in [-0.4, -0.2) is 46.7 Å². The average molecular weight is 485 g/mol. The number of nitrogens with zero attached hydrogens (tertiary/aromatic N) is 1. The summed E-state index contributed by atoms with van der Waals surface area (Å²) in [4.78, 5) is 27.1. The fraction of sp³-hybridized carbons (Fsp3) is 0.333. The zero-order valence-electron chi connectivity index (χ0n) is 20.7. The quantitative estimate of drug-likeness (QED) is 0.492. The van der Waals surface area contributed by atoms with Crippen molar-refractivity contribution >= 4 is 11.9 Å². The summed E-state index contributed by atoms with van der Waals surface area (Å²) in [5.74, 6) is 0.354. The van der Waals surface area contributed by atoms with Crippen LogP contribution in [0.1, 0.15) is 42.5 Å². The van der Waals surface area contributed by atoms with Crippen molar-refractivity contribution in [3.8, 4) is 5.75 Å². The minimum absolute atomic E-state index is 0.0195. The zero-order valence-corrected chi connectivity index (χ0v) is 20.7. The molecule has 1 fully saturated rings. The summed E-state index contributed by atoms with van der Waals surface area (Å²) in [7, 11) is 0. The van der Waals surface area contributed by atoms with Gasteiger partial charge in [0.25, 0.3) is 5.91 Å². The van der Waals surface area contributed by atoms with Gasteiger partial charge in [-0.15, -0.1) is 0 Å². The molecule has 186 valence electrons. The Morgan fingerprint density at radius 2 is 1.58 bits per heavy atom. The Bertz CT molecular complexity index is 1260. The number of β-amino-alcohol motifs (C(OH)–C–C–N with tert-alkyl or cyclic N) is 1. The summed E-state index contributed by atoms with van der Waals surface area (Å²) in [5, 5.41) is 13.5. The van der Waals surface area contributed by atoms with Crippen LogP contribution in [0.2, 0.25) is 0 Å². The van der Waals surface area contributed by atoms with Gasteiger partial charge in [0.1, 0.15) is 24.0 Å². The number of urea groups is 1. The van der Waals surface area contributed by atoms with Crippen LogP contribution in [0.5, 0.6) is 5.75 Å². The molecule has 6 heteroatoms. The van der Waals surface area contributed by atoms with Crippen molar-refractivity contribution in [1.29, 1.82) is 0 Å². The Kier molecular flexibility index (Phi) is 6.31. The largest absolute Gasteiger partial charge is 0.491 e. The van der Waals surface area contributed by atoms with Gasteiger partial charge in [0.05, 0.1) is 6.54 Å². The highest BCUT2D eigenvalue weighted by atomic mass is 16.5. The first-order chi connectivity index (χ1) is 17.3. The van der Waals surface area contributed by atoms with Crippen molar-refractivity contribution in [2.45, 2.75) is 50.2 Å². The van der Waals surface area contributed by atoms with Crippen LogP contribution in [-0.2, 0) is 23.1 Å². The fourth-order valence-corrected chi connectivity index (χ4v) is 5.31. The van der Waals surface area contributed by atoms with Gasteiger partial charge in [-0.25, -0.2) is 4.79 Å². The number of carbonyl (C=O) groups excluding carboxylic acids is 2. The molecule has 1 heterocycles. The molecule has 2 unspecified atom stereocenters. The third-order valence-electron chi connectivity index (χ3n) is 7.58. The lowest BCUT2D eigenvalue weighted by Crippen LogP contribution is -2.51. The van der Waals surface area contributed by atoms with E-state index in [4.69, 9.17) is 4.74 Å². The van der Waals surface area contributed by atoms with Crippen LogP contribution in [0.25, 0.3) is 0 Å². The van der Waals surface area contributed by atoms with Gasteiger partial charge in [-0.3, -0.25) is 9.69 Å². The topological polar surface area (TPSA) is 78.9 Å². The second-order valence-corrected chi connectivity index (χ2v) is 10.4. The minimum atomic E-state index is -0.994.